The van der Waals surface area contributed by atoms with E-state index >= 15 is 0 Å². The fourth-order valence-corrected chi connectivity index (χ4v) is 4.84. The molecule has 3 heterocycles. The summed E-state index contributed by atoms with van der Waals surface area (Å²) in [6.07, 6.45) is -4.80. The normalized spacial score (nSPS) is 16.7. The number of nitrogens with zero attached hydrogens (tertiary/aromatic N) is 3. The fourth-order valence-electron chi connectivity index (χ4n) is 3.87. The van der Waals surface area contributed by atoms with Crippen molar-refractivity contribution < 1.29 is 31.1 Å². The molecule has 0 bridgehead atoms. The highest BCUT2D eigenvalue weighted by molar-refractivity contribution is 7.92. The van der Waals surface area contributed by atoms with Gasteiger partial charge in [-0.1, -0.05) is 12.1 Å². The minimum absolute atomic E-state index is 0.0945. The third-order valence-electron chi connectivity index (χ3n) is 5.68. The Kier molecular flexibility index (Phi) is 7.16. The summed E-state index contributed by atoms with van der Waals surface area (Å²) in [6, 6.07) is 9.11. The lowest BCUT2D eigenvalue weighted by molar-refractivity contribution is -0.137. The lowest BCUT2D eigenvalue weighted by Crippen LogP contribution is -2.52. The van der Waals surface area contributed by atoms with E-state index in [4.69, 9.17) is 0 Å². The number of piperazine rings is 1. The lowest BCUT2D eigenvalue weighted by atomic mass is 10.0. The van der Waals surface area contributed by atoms with E-state index in [1.807, 2.05) is 4.90 Å². The van der Waals surface area contributed by atoms with Crippen LogP contribution in [0, 0.1) is 12.7 Å². The summed E-state index contributed by atoms with van der Waals surface area (Å²) in [7, 11) is -4.33. The van der Waals surface area contributed by atoms with Gasteiger partial charge in [0.1, 0.15) is 17.5 Å². The molecule has 192 valence electrons. The zero-order valence-corrected chi connectivity index (χ0v) is 19.9. The van der Waals surface area contributed by atoms with E-state index < -0.39 is 33.3 Å². The highest BCUT2D eigenvalue weighted by atomic mass is 32.2. The molecule has 0 unspecified atom stereocenters. The number of hydrogen-bond acceptors (Lipinski definition) is 7. The molecule has 13 heteroatoms. The van der Waals surface area contributed by atoms with Gasteiger partial charge in [0, 0.05) is 31.2 Å². The molecule has 1 aliphatic rings. The van der Waals surface area contributed by atoms with Gasteiger partial charge in [-0.25, -0.2) is 14.4 Å². The highest BCUT2D eigenvalue weighted by Crippen LogP contribution is 2.38. The summed E-state index contributed by atoms with van der Waals surface area (Å²) in [5, 5.41) is 12.2. The molecule has 0 spiro atoms. The number of hydrogen-bond donors (Lipinski definition) is 3. The van der Waals surface area contributed by atoms with E-state index in [9.17, 15) is 31.1 Å². The summed E-state index contributed by atoms with van der Waals surface area (Å²) in [4.78, 5) is 9.93. The Balaban J connectivity index is 1.68. The Morgan fingerprint density at radius 2 is 1.94 bits per heavy atom. The third kappa shape index (κ3) is 5.58. The molecule has 2 aromatic heterocycles. The number of anilines is 2. The fraction of sp³-hybridized carbons (Fsp3) is 0.304. The van der Waals surface area contributed by atoms with Crippen molar-refractivity contribution in [2.75, 3.05) is 35.9 Å². The number of pyridine rings is 2. The summed E-state index contributed by atoms with van der Waals surface area (Å²) < 4.78 is 83.1. The first-order chi connectivity index (χ1) is 17.0. The molecule has 0 radical (unpaired) electrons. The number of rotatable bonds is 6. The van der Waals surface area contributed by atoms with Gasteiger partial charge in [0.15, 0.2) is 5.03 Å². The molecule has 0 amide bonds. The zero-order valence-electron chi connectivity index (χ0n) is 19.1. The second-order valence-corrected chi connectivity index (χ2v) is 9.90. The molecule has 3 N–H and O–H groups in total. The molecule has 3 aromatic rings. The Labute approximate surface area is 205 Å². The van der Waals surface area contributed by atoms with Gasteiger partial charge in [0.05, 0.1) is 17.9 Å². The predicted molar refractivity (Wildman–Crippen MR) is 126 cm³/mol. The van der Waals surface area contributed by atoms with Gasteiger partial charge in [-0.3, -0.25) is 4.72 Å². The standard InChI is InChI=1S/C23H23F4N5O3S/c1-14-5-6-15(24)11-17(14)22-18(23(25,26)27)7-8-19(29-22)31-36(34,35)21-4-2-3-20(30-21)32-10-9-28-16(12-32)13-33/h2-8,11,16,28,33H,9-10,12-13H2,1H3,(H,29,31)/t16-/m0/s1. The van der Waals surface area contributed by atoms with Gasteiger partial charge in [-0.2, -0.15) is 21.6 Å². The van der Waals surface area contributed by atoms with Gasteiger partial charge in [0.2, 0.25) is 0 Å². The van der Waals surface area contributed by atoms with Crippen LogP contribution in [0.3, 0.4) is 0 Å². The van der Waals surface area contributed by atoms with Crippen molar-refractivity contribution >= 4 is 21.7 Å². The number of alkyl halides is 3. The third-order valence-corrected chi connectivity index (χ3v) is 6.93. The number of halogens is 4. The lowest BCUT2D eigenvalue weighted by Gasteiger charge is -2.33. The first-order valence-electron chi connectivity index (χ1n) is 10.9. The van der Waals surface area contributed by atoms with Crippen LogP contribution < -0.4 is 14.9 Å². The van der Waals surface area contributed by atoms with Crippen molar-refractivity contribution in [2.45, 2.75) is 24.2 Å². The zero-order chi connectivity index (χ0) is 26.1. The van der Waals surface area contributed by atoms with Crippen LogP contribution in [0.15, 0.2) is 53.6 Å². The monoisotopic (exact) mass is 525 g/mol. The van der Waals surface area contributed by atoms with E-state index in [0.717, 1.165) is 18.2 Å². The molecule has 0 saturated carbocycles. The largest absolute Gasteiger partial charge is 0.418 e. The van der Waals surface area contributed by atoms with Gasteiger partial charge in [-0.05, 0) is 48.9 Å². The van der Waals surface area contributed by atoms with Crippen molar-refractivity contribution in [1.29, 1.82) is 0 Å². The van der Waals surface area contributed by atoms with Crippen LogP contribution in [0.4, 0.5) is 29.2 Å². The number of sulfonamides is 1. The number of aromatic nitrogens is 2. The van der Waals surface area contributed by atoms with E-state index in [1.54, 1.807) is 6.07 Å². The Hall–Kier alpha value is -3.29. The van der Waals surface area contributed by atoms with Gasteiger partial charge in [-0.15, -0.1) is 0 Å². The van der Waals surface area contributed by atoms with Crippen LogP contribution in [-0.4, -0.2) is 55.8 Å². The van der Waals surface area contributed by atoms with E-state index in [1.165, 1.54) is 25.1 Å². The molecular formula is C23H23F4N5O3S. The van der Waals surface area contributed by atoms with Crippen molar-refractivity contribution in [1.82, 2.24) is 15.3 Å². The maximum atomic E-state index is 13.8. The Morgan fingerprint density at radius 1 is 1.17 bits per heavy atom. The summed E-state index contributed by atoms with van der Waals surface area (Å²) in [5.74, 6) is -0.764. The molecular weight excluding hydrogens is 502 g/mol. The average Bonchev–Trinajstić information content (AvgIpc) is 2.84. The van der Waals surface area contributed by atoms with E-state index in [0.29, 0.717) is 37.1 Å². The molecule has 1 aliphatic heterocycles. The second kappa shape index (κ2) is 9.99. The number of benzene rings is 1. The summed E-state index contributed by atoms with van der Waals surface area (Å²) in [5.41, 5.74) is -1.50. The molecule has 1 fully saturated rings. The molecule has 8 nitrogen and oxygen atoms in total. The first-order valence-corrected chi connectivity index (χ1v) is 12.4. The minimum Gasteiger partial charge on any atom is -0.395 e. The number of aliphatic hydroxyl groups excluding tert-OH is 1. The first kappa shape index (κ1) is 25.8. The molecule has 1 saturated heterocycles. The summed E-state index contributed by atoms with van der Waals surface area (Å²) in [6.45, 7) is 2.93. The van der Waals surface area contributed by atoms with Crippen LogP contribution in [0.5, 0.6) is 0 Å². The quantitative estimate of drug-likeness (QED) is 0.425. The van der Waals surface area contributed by atoms with E-state index in [-0.39, 0.29) is 29.1 Å². The predicted octanol–water partition coefficient (Wildman–Crippen LogP) is 3.18. The topological polar surface area (TPSA) is 107 Å². The molecule has 1 aromatic carbocycles. The highest BCUT2D eigenvalue weighted by Gasteiger charge is 2.35. The average molecular weight is 526 g/mol. The van der Waals surface area contributed by atoms with Crippen LogP contribution in [0.2, 0.25) is 0 Å². The van der Waals surface area contributed by atoms with Crippen LogP contribution in [-0.2, 0) is 16.2 Å². The maximum absolute atomic E-state index is 13.8. The van der Waals surface area contributed by atoms with Crippen LogP contribution in [0.25, 0.3) is 11.3 Å². The van der Waals surface area contributed by atoms with Gasteiger partial charge in [0.25, 0.3) is 10.0 Å². The number of nitrogens with one attached hydrogen (secondary N) is 2. The molecule has 4 rings (SSSR count). The van der Waals surface area contributed by atoms with Crippen molar-refractivity contribution in [3.8, 4) is 11.3 Å². The molecule has 1 atom stereocenters. The molecule has 36 heavy (non-hydrogen) atoms. The van der Waals surface area contributed by atoms with Crippen LogP contribution in [0.1, 0.15) is 11.1 Å². The SMILES string of the molecule is Cc1ccc(F)cc1-c1nc(NS(=O)(=O)c2cccc(N3CCN[C@H](CO)C3)n2)ccc1C(F)(F)F. The smallest absolute Gasteiger partial charge is 0.395 e. The summed E-state index contributed by atoms with van der Waals surface area (Å²) >= 11 is 0. The minimum atomic E-state index is -4.80. The van der Waals surface area contributed by atoms with Gasteiger partial charge < -0.3 is 15.3 Å². The van der Waals surface area contributed by atoms with E-state index in [2.05, 4.69) is 20.0 Å². The second-order valence-electron chi connectivity index (χ2n) is 8.27. The van der Waals surface area contributed by atoms with Crippen LogP contribution >= 0.6 is 0 Å². The van der Waals surface area contributed by atoms with Gasteiger partial charge >= 0.3 is 6.18 Å². The van der Waals surface area contributed by atoms with Crippen molar-refractivity contribution in [3.05, 3.63) is 65.5 Å². The Bertz CT molecular complexity index is 1370. The Morgan fingerprint density at radius 3 is 2.67 bits per heavy atom. The number of aryl methyl sites for hydroxylation is 1. The van der Waals surface area contributed by atoms with Crippen molar-refractivity contribution in [3.63, 3.8) is 0 Å². The molecule has 0 aliphatic carbocycles. The van der Waals surface area contributed by atoms with Crippen molar-refractivity contribution in [2.24, 2.45) is 0 Å². The maximum Gasteiger partial charge on any atom is 0.418 e. The number of aliphatic hydroxyl groups is 1.